The second-order valence-electron chi connectivity index (χ2n) is 5.23. The highest BCUT2D eigenvalue weighted by molar-refractivity contribution is 7.67. The zero-order valence-corrected chi connectivity index (χ0v) is 12.3. The molecule has 7 heteroatoms. The van der Waals surface area contributed by atoms with E-state index < -0.39 is 31.6 Å². The van der Waals surface area contributed by atoms with Gasteiger partial charge in [-0.15, -0.1) is 0 Å². The van der Waals surface area contributed by atoms with Gasteiger partial charge in [-0.05, 0) is 25.0 Å². The molecule has 0 radical (unpaired) electrons. The molecule has 0 spiro atoms. The van der Waals surface area contributed by atoms with Gasteiger partial charge in [-0.2, -0.15) is 13.2 Å². The molecule has 1 fully saturated rings. The van der Waals surface area contributed by atoms with Gasteiger partial charge in [0, 0.05) is 5.66 Å². The molecule has 1 unspecified atom stereocenters. The van der Waals surface area contributed by atoms with Crippen LogP contribution in [0.1, 0.15) is 32.1 Å². The Morgan fingerprint density at radius 3 is 2.33 bits per heavy atom. The van der Waals surface area contributed by atoms with Crippen molar-refractivity contribution in [3.05, 3.63) is 30.1 Å². The number of alkyl halides is 3. The molecule has 0 N–H and O–H groups in total. The van der Waals surface area contributed by atoms with E-state index in [1.54, 1.807) is 0 Å². The van der Waals surface area contributed by atoms with E-state index in [4.69, 9.17) is 4.52 Å². The van der Waals surface area contributed by atoms with Crippen LogP contribution >= 0.6 is 7.37 Å². The zero-order valence-electron chi connectivity index (χ0n) is 11.4. The molecule has 0 amide bonds. The molecule has 1 atom stereocenters. The van der Waals surface area contributed by atoms with Gasteiger partial charge in [0.15, 0.2) is 6.61 Å². The van der Waals surface area contributed by atoms with Crippen molar-refractivity contribution in [3.8, 4) is 0 Å². The van der Waals surface area contributed by atoms with Gasteiger partial charge in [-0.1, -0.05) is 31.4 Å². The predicted octanol–water partition coefficient (Wildman–Crippen LogP) is 4.64. The minimum Gasteiger partial charge on any atom is -0.315 e. The Balaban J connectivity index is 2.33. The van der Waals surface area contributed by atoms with Gasteiger partial charge in [-0.25, -0.2) is 4.39 Å². The Bertz CT molecular complexity index is 524. The molecule has 1 aliphatic rings. The first-order valence-corrected chi connectivity index (χ1v) is 8.58. The SMILES string of the molecule is O=P(OCC(F)(F)F)(c1ccccc1F)C1CCCCC1. The summed E-state index contributed by atoms with van der Waals surface area (Å²) in [5.74, 6) is -0.770. The number of benzene rings is 1. The third-order valence-electron chi connectivity index (χ3n) is 3.66. The molecule has 118 valence electrons. The molecule has 2 nitrogen and oxygen atoms in total. The van der Waals surface area contributed by atoms with Crippen molar-refractivity contribution in [1.82, 2.24) is 0 Å². The molecule has 21 heavy (non-hydrogen) atoms. The molecule has 1 aromatic rings. The Hall–Kier alpha value is -0.870. The van der Waals surface area contributed by atoms with E-state index in [0.717, 1.165) is 25.3 Å². The molecule has 0 aromatic heterocycles. The van der Waals surface area contributed by atoms with Crippen molar-refractivity contribution >= 4 is 12.7 Å². The first-order chi connectivity index (χ1) is 9.83. The molecule has 0 heterocycles. The summed E-state index contributed by atoms with van der Waals surface area (Å²) >= 11 is 0. The van der Waals surface area contributed by atoms with Gasteiger partial charge >= 0.3 is 6.18 Å². The van der Waals surface area contributed by atoms with Crippen LogP contribution in [0.25, 0.3) is 0 Å². The maximum Gasteiger partial charge on any atom is 0.412 e. The summed E-state index contributed by atoms with van der Waals surface area (Å²) in [7, 11) is -3.88. The van der Waals surface area contributed by atoms with E-state index in [2.05, 4.69) is 0 Å². The lowest BCUT2D eigenvalue weighted by Crippen LogP contribution is -2.27. The van der Waals surface area contributed by atoms with Gasteiger partial charge in [0.1, 0.15) is 5.82 Å². The van der Waals surface area contributed by atoms with Crippen LogP contribution in [-0.4, -0.2) is 18.4 Å². The fourth-order valence-corrected chi connectivity index (χ4v) is 5.46. The first-order valence-electron chi connectivity index (χ1n) is 6.89. The van der Waals surface area contributed by atoms with E-state index in [0.29, 0.717) is 12.8 Å². The topological polar surface area (TPSA) is 26.3 Å². The lowest BCUT2D eigenvalue weighted by molar-refractivity contribution is -0.153. The Kier molecular flexibility index (Phi) is 5.10. The highest BCUT2D eigenvalue weighted by Gasteiger charge is 2.42. The highest BCUT2D eigenvalue weighted by Crippen LogP contribution is 2.56. The molecule has 0 saturated heterocycles. The van der Waals surface area contributed by atoms with Crippen molar-refractivity contribution in [2.75, 3.05) is 6.61 Å². The Morgan fingerprint density at radius 2 is 1.76 bits per heavy atom. The fourth-order valence-electron chi connectivity index (χ4n) is 2.67. The van der Waals surface area contributed by atoms with Crippen LogP contribution < -0.4 is 5.30 Å². The van der Waals surface area contributed by atoms with E-state index in [-0.39, 0.29) is 5.30 Å². The smallest absolute Gasteiger partial charge is 0.315 e. The summed E-state index contributed by atoms with van der Waals surface area (Å²) in [6, 6.07) is 5.24. The summed E-state index contributed by atoms with van der Waals surface area (Å²) in [6.07, 6.45) is -1.08. The van der Waals surface area contributed by atoms with E-state index >= 15 is 0 Å². The Morgan fingerprint density at radius 1 is 1.14 bits per heavy atom. The molecule has 0 bridgehead atoms. The Labute approximate surface area is 120 Å². The monoisotopic (exact) mass is 324 g/mol. The third-order valence-corrected chi connectivity index (χ3v) is 6.69. The summed E-state index contributed by atoms with van der Waals surface area (Å²) in [5.41, 5.74) is -0.537. The molecule has 1 aliphatic carbocycles. The van der Waals surface area contributed by atoms with Gasteiger partial charge in [0.05, 0.1) is 5.30 Å². The van der Waals surface area contributed by atoms with Gasteiger partial charge in [0.2, 0.25) is 7.37 Å². The van der Waals surface area contributed by atoms with Crippen LogP contribution in [0, 0.1) is 5.82 Å². The third kappa shape index (κ3) is 4.07. The van der Waals surface area contributed by atoms with Gasteiger partial charge in [0.25, 0.3) is 0 Å². The number of rotatable bonds is 4. The van der Waals surface area contributed by atoms with Crippen LogP contribution in [0.3, 0.4) is 0 Å². The molecule has 0 aliphatic heterocycles. The zero-order chi connectivity index (χ0) is 15.5. The normalized spacial score (nSPS) is 20.2. The molecule has 2 rings (SSSR count). The van der Waals surface area contributed by atoms with E-state index in [1.165, 1.54) is 18.2 Å². The fraction of sp³-hybridized carbons (Fsp3) is 0.571. The number of halogens is 4. The molecular weight excluding hydrogens is 307 g/mol. The average molecular weight is 324 g/mol. The second-order valence-corrected chi connectivity index (χ2v) is 7.89. The average Bonchev–Trinajstić information content (AvgIpc) is 2.45. The summed E-state index contributed by atoms with van der Waals surface area (Å²) in [5, 5.41) is -0.221. The van der Waals surface area contributed by atoms with Crippen molar-refractivity contribution < 1.29 is 26.7 Å². The van der Waals surface area contributed by atoms with Gasteiger partial charge < -0.3 is 4.52 Å². The molecule has 1 aromatic carbocycles. The highest BCUT2D eigenvalue weighted by atomic mass is 31.2. The van der Waals surface area contributed by atoms with Crippen LogP contribution in [0.15, 0.2) is 24.3 Å². The van der Waals surface area contributed by atoms with Crippen molar-refractivity contribution in [1.29, 1.82) is 0 Å². The maximum atomic E-state index is 13.9. The number of hydrogen-bond acceptors (Lipinski definition) is 2. The summed E-state index contributed by atoms with van der Waals surface area (Å²) < 4.78 is 69.1. The van der Waals surface area contributed by atoms with Crippen LogP contribution in [0.4, 0.5) is 17.6 Å². The summed E-state index contributed by atoms with van der Waals surface area (Å²) in [4.78, 5) is 0. The van der Waals surface area contributed by atoms with Crippen molar-refractivity contribution in [2.24, 2.45) is 0 Å². The largest absolute Gasteiger partial charge is 0.412 e. The van der Waals surface area contributed by atoms with Crippen LogP contribution in [0.5, 0.6) is 0 Å². The van der Waals surface area contributed by atoms with Gasteiger partial charge in [-0.3, -0.25) is 4.57 Å². The minimum atomic E-state index is -4.59. The lowest BCUT2D eigenvalue weighted by Gasteiger charge is -2.31. The summed E-state index contributed by atoms with van der Waals surface area (Å²) in [6.45, 7) is -1.62. The van der Waals surface area contributed by atoms with E-state index in [1.807, 2.05) is 0 Å². The number of hydrogen-bond donors (Lipinski definition) is 0. The molecular formula is C14H17F4O2P. The lowest BCUT2D eigenvalue weighted by atomic mass is 10.0. The van der Waals surface area contributed by atoms with Crippen molar-refractivity contribution in [2.45, 2.75) is 43.9 Å². The first kappa shape index (κ1) is 16.5. The maximum absolute atomic E-state index is 13.9. The van der Waals surface area contributed by atoms with Crippen LogP contribution in [-0.2, 0) is 9.09 Å². The molecule has 1 saturated carbocycles. The van der Waals surface area contributed by atoms with Crippen molar-refractivity contribution in [3.63, 3.8) is 0 Å². The minimum absolute atomic E-state index is 0.221. The predicted molar refractivity (Wildman–Crippen MR) is 72.5 cm³/mol. The quantitative estimate of drug-likeness (QED) is 0.596. The van der Waals surface area contributed by atoms with Crippen LogP contribution in [0.2, 0.25) is 0 Å². The second kappa shape index (κ2) is 6.49. The van der Waals surface area contributed by atoms with E-state index in [9.17, 15) is 22.1 Å². The standard InChI is InChI=1S/C14H17F4O2P/c15-12-8-4-5-9-13(12)21(19,20-10-14(16,17)18)11-6-2-1-3-7-11/h4-5,8-9,11H,1-3,6-7,10H2.